The molecule has 1 aliphatic heterocycles. The molecule has 2 aliphatic rings. The van der Waals surface area contributed by atoms with Crippen molar-refractivity contribution in [3.8, 4) is 0 Å². The van der Waals surface area contributed by atoms with E-state index in [1.165, 1.54) is 24.8 Å². The van der Waals surface area contributed by atoms with Gasteiger partial charge in [0.1, 0.15) is 18.5 Å². The number of hydrogen-bond acceptors (Lipinski definition) is 7. The first-order chi connectivity index (χ1) is 12.8. The zero-order chi connectivity index (χ0) is 17.8. The van der Waals surface area contributed by atoms with Gasteiger partial charge in [-0.3, -0.25) is 4.79 Å². The Balaban J connectivity index is 1.33. The van der Waals surface area contributed by atoms with Gasteiger partial charge >= 0.3 is 0 Å². The summed E-state index contributed by atoms with van der Waals surface area (Å²) in [6.45, 7) is 2.10. The van der Waals surface area contributed by atoms with E-state index in [4.69, 9.17) is 0 Å². The minimum Gasteiger partial charge on any atom is -0.367 e. The number of fused-ring (bicyclic) bond motifs is 1. The number of aromatic nitrogens is 6. The molecule has 0 bridgehead atoms. The summed E-state index contributed by atoms with van der Waals surface area (Å²) in [5.41, 5.74) is 2.26. The Labute approximate surface area is 152 Å². The summed E-state index contributed by atoms with van der Waals surface area (Å²) in [7, 11) is 0. The molecule has 1 saturated carbocycles. The minimum absolute atomic E-state index is 0.187. The third-order valence-electron chi connectivity index (χ3n) is 5.25. The van der Waals surface area contributed by atoms with Gasteiger partial charge in [-0.25, -0.2) is 14.6 Å². The first-order valence-corrected chi connectivity index (χ1v) is 9.37. The lowest BCUT2D eigenvalue weighted by atomic mass is 9.93. The van der Waals surface area contributed by atoms with Gasteiger partial charge in [0, 0.05) is 44.1 Å². The maximum absolute atomic E-state index is 12.6. The van der Waals surface area contributed by atoms with Crippen molar-refractivity contribution in [2.24, 2.45) is 0 Å². The smallest absolute Gasteiger partial charge is 0.222 e. The van der Waals surface area contributed by atoms with Crippen molar-refractivity contribution in [2.45, 2.75) is 57.5 Å². The average molecular weight is 356 g/mol. The fraction of sp³-hybridized carbons (Fsp3) is 0.647. The van der Waals surface area contributed by atoms with Crippen LogP contribution in [-0.4, -0.2) is 60.1 Å². The number of tetrazole rings is 1. The quantitative estimate of drug-likeness (QED) is 0.818. The van der Waals surface area contributed by atoms with Crippen LogP contribution in [0.25, 0.3) is 0 Å². The number of anilines is 1. The van der Waals surface area contributed by atoms with E-state index in [0.29, 0.717) is 19.0 Å². The lowest BCUT2D eigenvalue weighted by molar-refractivity contribution is -0.131. The number of nitrogens with zero attached hydrogens (tertiary/aromatic N) is 7. The highest BCUT2D eigenvalue weighted by atomic mass is 16.2. The lowest BCUT2D eigenvalue weighted by Gasteiger charge is -2.28. The van der Waals surface area contributed by atoms with Crippen LogP contribution in [0.15, 0.2) is 12.7 Å². The van der Waals surface area contributed by atoms with Crippen LogP contribution in [0.5, 0.6) is 0 Å². The van der Waals surface area contributed by atoms with E-state index < -0.39 is 0 Å². The van der Waals surface area contributed by atoms with E-state index in [-0.39, 0.29) is 5.91 Å². The van der Waals surface area contributed by atoms with Crippen molar-refractivity contribution in [2.75, 3.05) is 18.4 Å². The lowest BCUT2D eigenvalue weighted by Crippen LogP contribution is -2.33. The number of aryl methyl sites for hydroxylation is 1. The third-order valence-corrected chi connectivity index (χ3v) is 5.25. The highest BCUT2D eigenvalue weighted by molar-refractivity contribution is 5.76. The molecule has 1 amide bonds. The fourth-order valence-electron chi connectivity index (χ4n) is 3.48. The van der Waals surface area contributed by atoms with Gasteiger partial charge in [0.05, 0.1) is 5.69 Å². The molecular formula is C17H24N8O. The molecule has 0 aromatic carbocycles. The maximum atomic E-state index is 12.6. The number of hydrogen-bond donors (Lipinski definition) is 1. The molecule has 26 heavy (non-hydrogen) atoms. The molecule has 9 nitrogen and oxygen atoms in total. The largest absolute Gasteiger partial charge is 0.367 e. The molecule has 0 radical (unpaired) electrons. The zero-order valence-electron chi connectivity index (χ0n) is 14.8. The van der Waals surface area contributed by atoms with Crippen molar-refractivity contribution in [1.29, 1.82) is 0 Å². The van der Waals surface area contributed by atoms with E-state index in [1.807, 2.05) is 4.90 Å². The Hall–Kier alpha value is -2.58. The summed E-state index contributed by atoms with van der Waals surface area (Å²) in [5, 5.41) is 14.6. The molecule has 0 atom stereocenters. The predicted molar refractivity (Wildman–Crippen MR) is 94.3 cm³/mol. The molecule has 1 aliphatic carbocycles. The molecular weight excluding hydrogens is 332 g/mol. The van der Waals surface area contributed by atoms with E-state index in [2.05, 4.69) is 30.8 Å². The highest BCUT2D eigenvalue weighted by Crippen LogP contribution is 2.26. The molecule has 0 unspecified atom stereocenters. The topological polar surface area (TPSA) is 102 Å². The summed E-state index contributed by atoms with van der Waals surface area (Å²) >= 11 is 0. The van der Waals surface area contributed by atoms with Crippen LogP contribution in [0, 0.1) is 0 Å². The van der Waals surface area contributed by atoms with E-state index in [1.54, 1.807) is 17.3 Å². The van der Waals surface area contributed by atoms with Gasteiger partial charge in [0.15, 0.2) is 0 Å². The number of nitrogens with one attached hydrogen (secondary N) is 1. The minimum atomic E-state index is 0.187. The van der Waals surface area contributed by atoms with Crippen molar-refractivity contribution in [1.82, 2.24) is 35.1 Å². The molecule has 4 rings (SSSR count). The molecule has 3 heterocycles. The molecule has 9 heteroatoms. The standard InChI is InChI=1S/C17H24N8O/c26-16(5-2-8-25-12-20-22-23-25)24-9-6-14-15(7-10-24)18-11-19-17(14)21-13-3-1-4-13/h11-13H,1-10H2,(H,18,19,21). The van der Waals surface area contributed by atoms with Gasteiger partial charge in [0.2, 0.25) is 5.91 Å². The van der Waals surface area contributed by atoms with E-state index in [0.717, 1.165) is 43.9 Å². The SMILES string of the molecule is O=C(CCCn1cnnn1)N1CCc2ncnc(NC3CCC3)c2CC1. The first kappa shape index (κ1) is 16.9. The Morgan fingerprint density at radius 2 is 2.12 bits per heavy atom. The number of carbonyl (C=O) groups excluding carboxylic acids is 1. The highest BCUT2D eigenvalue weighted by Gasteiger charge is 2.24. The van der Waals surface area contributed by atoms with Gasteiger partial charge in [-0.05, 0) is 42.5 Å². The molecule has 1 N–H and O–H groups in total. The molecule has 1 fully saturated rings. The van der Waals surface area contributed by atoms with Gasteiger partial charge in [0.25, 0.3) is 0 Å². The van der Waals surface area contributed by atoms with Crippen LogP contribution in [0.3, 0.4) is 0 Å². The predicted octanol–water partition coefficient (Wildman–Crippen LogP) is 0.835. The zero-order valence-corrected chi connectivity index (χ0v) is 14.8. The van der Waals surface area contributed by atoms with E-state index >= 15 is 0 Å². The molecule has 2 aromatic heterocycles. The molecule has 2 aromatic rings. The summed E-state index contributed by atoms with van der Waals surface area (Å²) < 4.78 is 1.65. The van der Waals surface area contributed by atoms with Gasteiger partial charge in [-0.15, -0.1) is 5.10 Å². The first-order valence-electron chi connectivity index (χ1n) is 9.37. The van der Waals surface area contributed by atoms with Gasteiger partial charge in [-0.2, -0.15) is 0 Å². The Morgan fingerprint density at radius 1 is 1.23 bits per heavy atom. The van der Waals surface area contributed by atoms with E-state index in [9.17, 15) is 4.79 Å². The molecule has 138 valence electrons. The number of rotatable bonds is 6. The van der Waals surface area contributed by atoms with Crippen molar-refractivity contribution in [3.63, 3.8) is 0 Å². The van der Waals surface area contributed by atoms with Crippen LogP contribution in [-0.2, 0) is 24.2 Å². The Morgan fingerprint density at radius 3 is 2.88 bits per heavy atom. The normalized spacial score (nSPS) is 17.3. The number of amides is 1. The Bertz CT molecular complexity index is 743. The summed E-state index contributed by atoms with van der Waals surface area (Å²) in [6.07, 6.45) is 9.77. The summed E-state index contributed by atoms with van der Waals surface area (Å²) in [6, 6.07) is 0.543. The van der Waals surface area contributed by atoms with Crippen LogP contribution in [0.4, 0.5) is 5.82 Å². The third kappa shape index (κ3) is 3.81. The monoisotopic (exact) mass is 356 g/mol. The Kier molecular flexibility index (Phi) is 5.03. The summed E-state index contributed by atoms with van der Waals surface area (Å²) in [5.74, 6) is 1.15. The number of carbonyl (C=O) groups is 1. The second-order valence-corrected chi connectivity index (χ2v) is 6.98. The van der Waals surface area contributed by atoms with Gasteiger partial charge < -0.3 is 10.2 Å². The molecule has 0 saturated heterocycles. The average Bonchev–Trinajstić information content (AvgIpc) is 3.02. The van der Waals surface area contributed by atoms with Crippen LogP contribution in [0.1, 0.15) is 43.4 Å². The summed E-state index contributed by atoms with van der Waals surface area (Å²) in [4.78, 5) is 23.4. The molecule has 0 spiro atoms. The van der Waals surface area contributed by atoms with Crippen LogP contribution >= 0.6 is 0 Å². The van der Waals surface area contributed by atoms with Crippen LogP contribution < -0.4 is 5.32 Å². The second-order valence-electron chi connectivity index (χ2n) is 6.98. The van der Waals surface area contributed by atoms with Gasteiger partial charge in [-0.1, -0.05) is 0 Å². The van der Waals surface area contributed by atoms with Crippen molar-refractivity contribution in [3.05, 3.63) is 23.9 Å². The fourth-order valence-corrected chi connectivity index (χ4v) is 3.48. The van der Waals surface area contributed by atoms with Crippen molar-refractivity contribution >= 4 is 11.7 Å². The second kappa shape index (κ2) is 7.76. The van der Waals surface area contributed by atoms with Crippen molar-refractivity contribution < 1.29 is 4.79 Å². The van der Waals surface area contributed by atoms with Crippen LogP contribution in [0.2, 0.25) is 0 Å². The maximum Gasteiger partial charge on any atom is 0.222 e.